The first-order chi connectivity index (χ1) is 12.1. The molecular formula is C17H14N4O4. The predicted molar refractivity (Wildman–Crippen MR) is 91.2 cm³/mol. The molecule has 0 aliphatic heterocycles. The number of anilines is 1. The second-order valence-corrected chi connectivity index (χ2v) is 5.10. The van der Waals surface area contributed by atoms with Crippen LogP contribution in [0.4, 0.5) is 11.4 Å². The molecule has 0 aliphatic rings. The lowest BCUT2D eigenvalue weighted by Crippen LogP contribution is -2.13. The number of nitro benzene ring substituents is 1. The number of rotatable bonds is 5. The van der Waals surface area contributed by atoms with Crippen molar-refractivity contribution in [1.82, 2.24) is 9.78 Å². The first kappa shape index (κ1) is 16.2. The highest BCUT2D eigenvalue weighted by atomic mass is 16.6. The number of amides is 1. The standard InChI is InChI=1S/C17H14N4O4/c1-25-14-5-2-4-13(11-14)19-17(22)12-6-7-15(16(10-12)21(23)24)20-9-3-8-18-20/h2-11H,1H3,(H,19,22). The Morgan fingerprint density at radius 3 is 2.76 bits per heavy atom. The lowest BCUT2D eigenvalue weighted by Gasteiger charge is -2.08. The van der Waals surface area contributed by atoms with E-state index in [1.807, 2.05) is 0 Å². The van der Waals surface area contributed by atoms with Gasteiger partial charge >= 0.3 is 0 Å². The summed E-state index contributed by atoms with van der Waals surface area (Å²) in [6, 6.07) is 12.7. The summed E-state index contributed by atoms with van der Waals surface area (Å²) in [4.78, 5) is 23.2. The summed E-state index contributed by atoms with van der Waals surface area (Å²) >= 11 is 0. The van der Waals surface area contributed by atoms with Crippen LogP contribution in [0.1, 0.15) is 10.4 Å². The van der Waals surface area contributed by atoms with Crippen LogP contribution in [0.3, 0.4) is 0 Å². The number of ether oxygens (including phenoxy) is 1. The Kier molecular flexibility index (Phi) is 4.42. The van der Waals surface area contributed by atoms with Crippen molar-refractivity contribution in [3.05, 3.63) is 76.6 Å². The minimum atomic E-state index is -0.542. The lowest BCUT2D eigenvalue weighted by atomic mass is 10.1. The van der Waals surface area contributed by atoms with Gasteiger partial charge in [-0.05, 0) is 30.3 Å². The maximum Gasteiger partial charge on any atom is 0.295 e. The largest absolute Gasteiger partial charge is 0.497 e. The molecular weight excluding hydrogens is 324 g/mol. The highest BCUT2D eigenvalue weighted by Crippen LogP contribution is 2.24. The van der Waals surface area contributed by atoms with E-state index >= 15 is 0 Å². The fraction of sp³-hybridized carbons (Fsp3) is 0.0588. The molecule has 1 aromatic heterocycles. The number of carbonyl (C=O) groups excluding carboxylic acids is 1. The minimum absolute atomic E-state index is 0.172. The zero-order valence-electron chi connectivity index (χ0n) is 13.2. The number of carbonyl (C=O) groups is 1. The van der Waals surface area contributed by atoms with Gasteiger partial charge in [0.25, 0.3) is 11.6 Å². The van der Waals surface area contributed by atoms with E-state index in [-0.39, 0.29) is 16.9 Å². The van der Waals surface area contributed by atoms with E-state index in [9.17, 15) is 14.9 Å². The van der Waals surface area contributed by atoms with E-state index in [1.165, 1.54) is 36.2 Å². The van der Waals surface area contributed by atoms with Crippen LogP contribution in [0.25, 0.3) is 5.69 Å². The topological polar surface area (TPSA) is 99.3 Å². The van der Waals surface area contributed by atoms with Gasteiger partial charge in [0.2, 0.25) is 0 Å². The summed E-state index contributed by atoms with van der Waals surface area (Å²) in [5.41, 5.74) is 0.781. The van der Waals surface area contributed by atoms with Gasteiger partial charge in [-0.25, -0.2) is 4.68 Å². The van der Waals surface area contributed by atoms with E-state index in [0.29, 0.717) is 11.4 Å². The van der Waals surface area contributed by atoms with Crippen molar-refractivity contribution in [2.45, 2.75) is 0 Å². The lowest BCUT2D eigenvalue weighted by molar-refractivity contribution is -0.384. The molecule has 126 valence electrons. The van der Waals surface area contributed by atoms with Gasteiger partial charge in [-0.3, -0.25) is 14.9 Å². The summed E-state index contributed by atoms with van der Waals surface area (Å²) in [5, 5.41) is 18.0. The van der Waals surface area contributed by atoms with Crippen LogP contribution in [-0.2, 0) is 0 Å². The average Bonchev–Trinajstić information content (AvgIpc) is 3.15. The molecule has 0 spiro atoms. The van der Waals surface area contributed by atoms with E-state index in [1.54, 1.807) is 36.5 Å². The number of nitro groups is 1. The Labute approximate surface area is 142 Å². The maximum atomic E-state index is 12.4. The Morgan fingerprint density at radius 2 is 2.08 bits per heavy atom. The molecule has 3 aromatic rings. The fourth-order valence-corrected chi connectivity index (χ4v) is 2.32. The van der Waals surface area contributed by atoms with Crippen molar-refractivity contribution in [3.63, 3.8) is 0 Å². The Hall–Kier alpha value is -3.68. The van der Waals surface area contributed by atoms with Crippen molar-refractivity contribution < 1.29 is 14.5 Å². The molecule has 2 aromatic carbocycles. The quantitative estimate of drug-likeness (QED) is 0.569. The van der Waals surface area contributed by atoms with E-state index < -0.39 is 10.8 Å². The van der Waals surface area contributed by atoms with Crippen LogP contribution < -0.4 is 10.1 Å². The zero-order chi connectivity index (χ0) is 17.8. The summed E-state index contributed by atoms with van der Waals surface area (Å²) in [6.45, 7) is 0. The molecule has 0 atom stereocenters. The first-order valence-electron chi connectivity index (χ1n) is 7.32. The van der Waals surface area contributed by atoms with E-state index in [0.717, 1.165) is 0 Å². The van der Waals surface area contributed by atoms with E-state index in [4.69, 9.17) is 4.74 Å². The molecule has 25 heavy (non-hydrogen) atoms. The van der Waals surface area contributed by atoms with Crippen LogP contribution in [0.5, 0.6) is 5.75 Å². The molecule has 3 rings (SSSR count). The molecule has 1 amide bonds. The van der Waals surface area contributed by atoms with Crippen molar-refractivity contribution in [1.29, 1.82) is 0 Å². The fourth-order valence-electron chi connectivity index (χ4n) is 2.32. The zero-order valence-corrected chi connectivity index (χ0v) is 13.2. The van der Waals surface area contributed by atoms with Gasteiger partial charge in [0, 0.05) is 35.8 Å². The third-order valence-corrected chi connectivity index (χ3v) is 3.51. The van der Waals surface area contributed by atoms with Gasteiger partial charge < -0.3 is 10.1 Å². The van der Waals surface area contributed by atoms with Crippen molar-refractivity contribution >= 4 is 17.3 Å². The molecule has 8 nitrogen and oxygen atoms in total. The van der Waals surface area contributed by atoms with Crippen molar-refractivity contribution in [2.75, 3.05) is 12.4 Å². The number of aromatic nitrogens is 2. The van der Waals surface area contributed by atoms with Crippen molar-refractivity contribution in [3.8, 4) is 11.4 Å². The third kappa shape index (κ3) is 3.47. The molecule has 1 heterocycles. The Balaban J connectivity index is 1.90. The van der Waals surface area contributed by atoms with Crippen molar-refractivity contribution in [2.24, 2.45) is 0 Å². The molecule has 0 unspecified atom stereocenters. The highest BCUT2D eigenvalue weighted by Gasteiger charge is 2.19. The summed E-state index contributed by atoms with van der Waals surface area (Å²) < 4.78 is 6.48. The average molecular weight is 338 g/mol. The van der Waals surface area contributed by atoms with Gasteiger partial charge in [0.15, 0.2) is 0 Å². The van der Waals surface area contributed by atoms with E-state index in [2.05, 4.69) is 10.4 Å². The SMILES string of the molecule is COc1cccc(NC(=O)c2ccc(-n3cccn3)c([N+](=O)[O-])c2)c1. The van der Waals surface area contributed by atoms with Gasteiger partial charge in [-0.1, -0.05) is 6.07 Å². The van der Waals surface area contributed by atoms with Gasteiger partial charge in [0.05, 0.1) is 12.0 Å². The number of methoxy groups -OCH3 is 1. The number of hydrogen-bond donors (Lipinski definition) is 1. The Morgan fingerprint density at radius 1 is 1.24 bits per heavy atom. The molecule has 8 heteroatoms. The van der Waals surface area contributed by atoms with Crippen LogP contribution in [0.15, 0.2) is 60.9 Å². The molecule has 0 aliphatic carbocycles. The van der Waals surface area contributed by atoms with Crippen LogP contribution in [0, 0.1) is 10.1 Å². The van der Waals surface area contributed by atoms with Gasteiger partial charge in [-0.15, -0.1) is 0 Å². The molecule has 0 bridgehead atoms. The Bertz CT molecular complexity index is 922. The van der Waals surface area contributed by atoms with Gasteiger partial charge in [0.1, 0.15) is 11.4 Å². The molecule has 0 saturated carbocycles. The predicted octanol–water partition coefficient (Wildman–Crippen LogP) is 3.04. The second kappa shape index (κ2) is 6.83. The summed E-state index contributed by atoms with van der Waals surface area (Å²) in [5.74, 6) is 0.140. The minimum Gasteiger partial charge on any atom is -0.497 e. The number of nitrogens with one attached hydrogen (secondary N) is 1. The number of hydrogen-bond acceptors (Lipinski definition) is 5. The normalized spacial score (nSPS) is 10.3. The molecule has 1 N–H and O–H groups in total. The first-order valence-corrected chi connectivity index (χ1v) is 7.32. The second-order valence-electron chi connectivity index (χ2n) is 5.10. The maximum absolute atomic E-state index is 12.4. The smallest absolute Gasteiger partial charge is 0.295 e. The van der Waals surface area contributed by atoms with Gasteiger partial charge in [-0.2, -0.15) is 5.10 Å². The monoisotopic (exact) mass is 338 g/mol. The number of benzene rings is 2. The highest BCUT2D eigenvalue weighted by molar-refractivity contribution is 6.05. The molecule has 0 saturated heterocycles. The molecule has 0 fully saturated rings. The summed E-state index contributed by atoms with van der Waals surface area (Å²) in [6.07, 6.45) is 3.12. The molecule has 0 radical (unpaired) electrons. The van der Waals surface area contributed by atoms with Crippen LogP contribution in [0.2, 0.25) is 0 Å². The third-order valence-electron chi connectivity index (χ3n) is 3.51. The van der Waals surface area contributed by atoms with Crippen LogP contribution >= 0.6 is 0 Å². The summed E-state index contributed by atoms with van der Waals surface area (Å²) in [7, 11) is 1.53. The number of nitrogens with zero attached hydrogens (tertiary/aromatic N) is 3. The van der Waals surface area contributed by atoms with Crippen LogP contribution in [-0.4, -0.2) is 27.7 Å².